The first-order valence-corrected chi connectivity index (χ1v) is 12.3. The van der Waals surface area contributed by atoms with Crippen LogP contribution in [0.25, 0.3) is 21.3 Å². The van der Waals surface area contributed by atoms with Crippen LogP contribution in [0, 0.1) is 5.92 Å². The Balaban J connectivity index is 1.52. The van der Waals surface area contributed by atoms with Crippen molar-refractivity contribution in [1.82, 2.24) is 9.97 Å². The summed E-state index contributed by atoms with van der Waals surface area (Å²) in [6.07, 6.45) is 2.94. The largest absolute Gasteiger partial charge is 0.377 e. The van der Waals surface area contributed by atoms with Crippen LogP contribution >= 0.6 is 22.9 Å². The molecule has 5 heterocycles. The van der Waals surface area contributed by atoms with Gasteiger partial charge in [-0.25, -0.2) is 4.98 Å². The predicted molar refractivity (Wildman–Crippen MR) is 127 cm³/mol. The van der Waals surface area contributed by atoms with E-state index in [1.165, 1.54) is 0 Å². The molecule has 2 aromatic heterocycles. The standard InChI is InChI=1S/C23H24ClN5O2S/c24-18-4-2-1-3-16(18)17-12-32-22-19(17)21(29-14-5-6-15(29)11-31-10-14)26-23(27-22)28-8-7-13(9-28)20(25)30/h1-4,12-15H,5-11H2,(H2,25,30). The fraction of sp³-hybridized carbons (Fsp3) is 0.435. The number of aromatic nitrogens is 2. The van der Waals surface area contributed by atoms with Crippen LogP contribution in [0.5, 0.6) is 0 Å². The minimum absolute atomic E-state index is 0.153. The lowest BCUT2D eigenvalue weighted by atomic mass is 10.1. The van der Waals surface area contributed by atoms with E-state index < -0.39 is 0 Å². The zero-order valence-electron chi connectivity index (χ0n) is 17.5. The van der Waals surface area contributed by atoms with Crippen LogP contribution in [-0.2, 0) is 9.53 Å². The molecule has 3 saturated heterocycles. The average molecular weight is 470 g/mol. The molecule has 1 amide bonds. The second-order valence-corrected chi connectivity index (χ2v) is 10.1. The van der Waals surface area contributed by atoms with Crippen molar-refractivity contribution in [3.8, 4) is 11.1 Å². The van der Waals surface area contributed by atoms with Crippen molar-refractivity contribution in [2.45, 2.75) is 31.3 Å². The first-order chi connectivity index (χ1) is 15.6. The van der Waals surface area contributed by atoms with E-state index in [-0.39, 0.29) is 11.8 Å². The molecule has 6 rings (SSSR count). The third kappa shape index (κ3) is 3.24. The number of carbonyl (C=O) groups excluding carboxylic acids is 1. The number of benzene rings is 1. The smallest absolute Gasteiger partial charge is 0.228 e. The van der Waals surface area contributed by atoms with E-state index in [1.807, 2.05) is 24.3 Å². The molecule has 7 nitrogen and oxygen atoms in total. The van der Waals surface area contributed by atoms with Gasteiger partial charge < -0.3 is 20.3 Å². The molecule has 2 N–H and O–H groups in total. The predicted octanol–water partition coefficient (Wildman–Crippen LogP) is 3.69. The number of ether oxygens (including phenoxy) is 1. The summed E-state index contributed by atoms with van der Waals surface area (Å²) in [4.78, 5) is 27.3. The molecule has 0 radical (unpaired) electrons. The maximum atomic E-state index is 11.7. The van der Waals surface area contributed by atoms with Crippen LogP contribution < -0.4 is 15.5 Å². The lowest BCUT2D eigenvalue weighted by Crippen LogP contribution is -2.46. The molecule has 3 unspecified atom stereocenters. The van der Waals surface area contributed by atoms with E-state index in [0.717, 1.165) is 71.2 Å². The quantitative estimate of drug-likeness (QED) is 0.627. The zero-order valence-corrected chi connectivity index (χ0v) is 19.1. The molecule has 0 saturated carbocycles. The highest BCUT2D eigenvalue weighted by Gasteiger charge is 2.40. The van der Waals surface area contributed by atoms with Crippen molar-refractivity contribution in [3.05, 3.63) is 34.7 Å². The van der Waals surface area contributed by atoms with Crippen LogP contribution in [0.3, 0.4) is 0 Å². The fourth-order valence-electron chi connectivity index (χ4n) is 5.27. The molecule has 3 aliphatic rings. The number of hydrogen-bond acceptors (Lipinski definition) is 7. The van der Waals surface area contributed by atoms with Gasteiger partial charge in [-0.15, -0.1) is 11.3 Å². The highest BCUT2D eigenvalue weighted by atomic mass is 35.5. The average Bonchev–Trinajstić information content (AvgIpc) is 3.50. The van der Waals surface area contributed by atoms with E-state index in [2.05, 4.69) is 15.2 Å². The van der Waals surface area contributed by atoms with Crippen molar-refractivity contribution >= 4 is 50.8 Å². The Morgan fingerprint density at radius 2 is 1.91 bits per heavy atom. The molecule has 32 heavy (non-hydrogen) atoms. The molecule has 2 bridgehead atoms. The Morgan fingerprint density at radius 3 is 2.62 bits per heavy atom. The molecule has 3 fully saturated rings. The number of primary amides is 1. The summed E-state index contributed by atoms with van der Waals surface area (Å²) in [6.45, 7) is 2.74. The van der Waals surface area contributed by atoms with Gasteiger partial charge >= 0.3 is 0 Å². The number of nitrogens with two attached hydrogens (primary N) is 1. The van der Waals surface area contributed by atoms with E-state index in [0.29, 0.717) is 24.6 Å². The van der Waals surface area contributed by atoms with Crippen molar-refractivity contribution in [2.24, 2.45) is 11.7 Å². The Hall–Kier alpha value is -2.42. The summed E-state index contributed by atoms with van der Waals surface area (Å²) in [5, 5.41) is 3.90. The molecule has 166 valence electrons. The number of thiophene rings is 1. The normalized spacial score (nSPS) is 25.1. The summed E-state index contributed by atoms with van der Waals surface area (Å²) in [5.74, 6) is 1.23. The molecule has 3 aromatic rings. The molecular formula is C23H24ClN5O2S. The van der Waals surface area contributed by atoms with Gasteiger partial charge in [0.15, 0.2) is 0 Å². The van der Waals surface area contributed by atoms with Gasteiger partial charge in [0.05, 0.1) is 36.6 Å². The van der Waals surface area contributed by atoms with Crippen LogP contribution in [0.15, 0.2) is 29.6 Å². The number of anilines is 2. The van der Waals surface area contributed by atoms with E-state index in [9.17, 15) is 4.79 Å². The maximum Gasteiger partial charge on any atom is 0.228 e. The number of nitrogens with zero attached hydrogens (tertiary/aromatic N) is 4. The van der Waals surface area contributed by atoms with E-state index in [1.54, 1.807) is 11.3 Å². The second kappa shape index (κ2) is 7.86. The van der Waals surface area contributed by atoms with Gasteiger partial charge in [0.2, 0.25) is 11.9 Å². The Labute approximate surface area is 195 Å². The van der Waals surface area contributed by atoms with Crippen molar-refractivity contribution in [3.63, 3.8) is 0 Å². The van der Waals surface area contributed by atoms with Gasteiger partial charge in [-0.3, -0.25) is 4.79 Å². The highest BCUT2D eigenvalue weighted by molar-refractivity contribution is 7.17. The zero-order chi connectivity index (χ0) is 21.8. The number of rotatable bonds is 4. The van der Waals surface area contributed by atoms with Crippen molar-refractivity contribution in [2.75, 3.05) is 36.1 Å². The molecule has 0 spiro atoms. The van der Waals surface area contributed by atoms with E-state index >= 15 is 0 Å². The topological polar surface area (TPSA) is 84.6 Å². The van der Waals surface area contributed by atoms with Gasteiger partial charge in [-0.05, 0) is 25.3 Å². The number of hydrogen-bond donors (Lipinski definition) is 1. The van der Waals surface area contributed by atoms with Crippen molar-refractivity contribution in [1.29, 1.82) is 0 Å². The van der Waals surface area contributed by atoms with Crippen molar-refractivity contribution < 1.29 is 9.53 Å². The molecular weight excluding hydrogens is 446 g/mol. The third-order valence-corrected chi connectivity index (χ3v) is 8.13. The maximum absolute atomic E-state index is 11.7. The monoisotopic (exact) mass is 469 g/mol. The number of carbonyl (C=O) groups is 1. The molecule has 3 atom stereocenters. The molecule has 9 heteroatoms. The second-order valence-electron chi connectivity index (χ2n) is 8.82. The highest BCUT2D eigenvalue weighted by Crippen LogP contribution is 2.45. The first kappa shape index (κ1) is 20.2. The number of fused-ring (bicyclic) bond motifs is 3. The van der Waals surface area contributed by atoms with Crippen LogP contribution in [0.4, 0.5) is 11.8 Å². The Morgan fingerprint density at radius 1 is 1.12 bits per heavy atom. The summed E-state index contributed by atoms with van der Waals surface area (Å²) < 4.78 is 5.84. The lowest BCUT2D eigenvalue weighted by molar-refractivity contribution is -0.121. The SMILES string of the molecule is NC(=O)C1CCN(c2nc(N3C4CCC3COC4)c3c(-c4ccccc4Cl)csc3n2)C1. The summed E-state index contributed by atoms with van der Waals surface area (Å²) in [7, 11) is 0. The summed E-state index contributed by atoms with van der Waals surface area (Å²) in [5.41, 5.74) is 7.63. The number of morpholine rings is 1. The minimum atomic E-state index is -0.253. The van der Waals surface area contributed by atoms with Gasteiger partial charge in [0.1, 0.15) is 10.6 Å². The summed E-state index contributed by atoms with van der Waals surface area (Å²) in [6, 6.07) is 8.55. The number of amides is 1. The van der Waals surface area contributed by atoms with Gasteiger partial charge in [0.25, 0.3) is 0 Å². The Bertz CT molecular complexity index is 1180. The molecule has 1 aromatic carbocycles. The molecule has 3 aliphatic heterocycles. The number of halogens is 1. The summed E-state index contributed by atoms with van der Waals surface area (Å²) >= 11 is 8.20. The van der Waals surface area contributed by atoms with E-state index in [4.69, 9.17) is 32.0 Å². The van der Waals surface area contributed by atoms with Gasteiger partial charge in [0, 0.05) is 34.6 Å². The lowest BCUT2D eigenvalue weighted by Gasteiger charge is -2.36. The first-order valence-electron chi connectivity index (χ1n) is 11.0. The van der Waals surface area contributed by atoms with Crippen LogP contribution in [0.1, 0.15) is 19.3 Å². The van der Waals surface area contributed by atoms with Crippen LogP contribution in [-0.4, -0.2) is 54.3 Å². The Kier molecular flexibility index (Phi) is 4.97. The molecule has 0 aliphatic carbocycles. The van der Waals surface area contributed by atoms with Gasteiger partial charge in [-0.1, -0.05) is 29.8 Å². The third-order valence-electron chi connectivity index (χ3n) is 6.93. The minimum Gasteiger partial charge on any atom is -0.377 e. The van der Waals surface area contributed by atoms with Gasteiger partial charge in [-0.2, -0.15) is 4.98 Å². The fourth-order valence-corrected chi connectivity index (χ4v) is 6.43. The van der Waals surface area contributed by atoms with Crippen LogP contribution in [0.2, 0.25) is 5.02 Å².